The minimum absolute atomic E-state index is 0.784. The van der Waals surface area contributed by atoms with E-state index in [1.807, 2.05) is 19.1 Å². The molecule has 0 bridgehead atoms. The fraction of sp³-hybridized carbons (Fsp3) is 0.400. The van der Waals surface area contributed by atoms with Crippen molar-refractivity contribution < 1.29 is 4.39 Å². The van der Waals surface area contributed by atoms with E-state index < -0.39 is 6.17 Å². The van der Waals surface area contributed by atoms with Gasteiger partial charge in [-0.3, -0.25) is 0 Å². The topological polar surface area (TPSA) is 0 Å². The fourth-order valence-corrected chi connectivity index (χ4v) is 0.603. The van der Waals surface area contributed by atoms with Crippen LogP contribution < -0.4 is 0 Å². The van der Waals surface area contributed by atoms with E-state index in [-0.39, 0.29) is 0 Å². The van der Waals surface area contributed by atoms with Gasteiger partial charge in [0, 0.05) is 0 Å². The molecular weight excluding hydrogens is 139 g/mol. The first kappa shape index (κ1) is 10.2. The van der Waals surface area contributed by atoms with Crippen LogP contribution in [0.1, 0.15) is 20.3 Å². The first-order chi connectivity index (χ1) is 5.16. The Kier molecular flexibility index (Phi) is 5.44. The number of halogens is 1. The largest absolute Gasteiger partial charge is 0.243 e. The second-order valence-electron chi connectivity index (χ2n) is 2.49. The van der Waals surface area contributed by atoms with Gasteiger partial charge in [0.25, 0.3) is 0 Å². The molecule has 0 nitrogen and oxygen atoms in total. The van der Waals surface area contributed by atoms with Gasteiger partial charge in [-0.2, -0.15) is 0 Å². The van der Waals surface area contributed by atoms with Gasteiger partial charge < -0.3 is 0 Å². The van der Waals surface area contributed by atoms with E-state index in [2.05, 4.69) is 6.58 Å². The van der Waals surface area contributed by atoms with Gasteiger partial charge in [0.15, 0.2) is 0 Å². The maximum atomic E-state index is 12.2. The molecule has 0 heterocycles. The van der Waals surface area contributed by atoms with Gasteiger partial charge in [0.2, 0.25) is 0 Å². The van der Waals surface area contributed by atoms with Crippen LogP contribution in [0.4, 0.5) is 4.39 Å². The van der Waals surface area contributed by atoms with E-state index in [1.165, 1.54) is 6.92 Å². The summed E-state index contributed by atoms with van der Waals surface area (Å²) in [7, 11) is 0. The Labute approximate surface area is 68.1 Å². The van der Waals surface area contributed by atoms with Crippen molar-refractivity contribution in [2.45, 2.75) is 26.4 Å². The van der Waals surface area contributed by atoms with E-state index in [0.29, 0.717) is 0 Å². The monoisotopic (exact) mass is 154 g/mol. The number of rotatable bonds is 4. The van der Waals surface area contributed by atoms with Crippen molar-refractivity contribution >= 4 is 0 Å². The zero-order valence-corrected chi connectivity index (χ0v) is 7.18. The molecule has 1 atom stereocenters. The third-order valence-electron chi connectivity index (χ3n) is 1.30. The van der Waals surface area contributed by atoms with Crippen molar-refractivity contribution in [3.8, 4) is 0 Å². The predicted molar refractivity (Wildman–Crippen MR) is 48.3 cm³/mol. The highest BCUT2D eigenvalue weighted by atomic mass is 19.1. The predicted octanol–water partition coefficient (Wildman–Crippen LogP) is 3.42. The molecule has 62 valence electrons. The minimum atomic E-state index is -0.840. The van der Waals surface area contributed by atoms with Crippen LogP contribution in [0.3, 0.4) is 0 Å². The Hall–Kier alpha value is -0.850. The van der Waals surface area contributed by atoms with Crippen LogP contribution in [0.2, 0.25) is 0 Å². The molecule has 1 unspecified atom stereocenters. The second kappa shape index (κ2) is 5.90. The van der Waals surface area contributed by atoms with Crippen molar-refractivity contribution in [2.24, 2.45) is 0 Å². The number of hydrogen-bond acceptors (Lipinski definition) is 0. The molecule has 0 saturated heterocycles. The highest BCUT2D eigenvalue weighted by molar-refractivity contribution is 5.14. The van der Waals surface area contributed by atoms with Gasteiger partial charge in [0.05, 0.1) is 0 Å². The molecule has 0 spiro atoms. The van der Waals surface area contributed by atoms with E-state index in [9.17, 15) is 4.39 Å². The highest BCUT2D eigenvalue weighted by Gasteiger charge is 1.85. The lowest BCUT2D eigenvalue weighted by atomic mass is 10.2. The first-order valence-corrected chi connectivity index (χ1v) is 3.76. The van der Waals surface area contributed by atoms with E-state index >= 15 is 0 Å². The summed E-state index contributed by atoms with van der Waals surface area (Å²) in [6.07, 6.45) is 7.10. The number of alkyl halides is 1. The second-order valence-corrected chi connectivity index (χ2v) is 2.49. The van der Waals surface area contributed by atoms with Crippen molar-refractivity contribution in [1.29, 1.82) is 0 Å². The van der Waals surface area contributed by atoms with Crippen LogP contribution in [0.5, 0.6) is 0 Å². The quantitative estimate of drug-likeness (QED) is 0.430. The summed E-state index contributed by atoms with van der Waals surface area (Å²) in [4.78, 5) is 0. The van der Waals surface area contributed by atoms with Gasteiger partial charge in [-0.15, -0.1) is 0 Å². The van der Waals surface area contributed by atoms with Crippen molar-refractivity contribution in [3.05, 3.63) is 36.5 Å². The number of hydrogen-bond donors (Lipinski definition) is 0. The smallest absolute Gasteiger partial charge is 0.115 e. The molecule has 0 amide bonds. The molecule has 11 heavy (non-hydrogen) atoms. The lowest BCUT2D eigenvalue weighted by Crippen LogP contribution is -1.81. The molecule has 0 aromatic rings. The Morgan fingerprint density at radius 2 is 2.27 bits per heavy atom. The lowest BCUT2D eigenvalue weighted by Gasteiger charge is -1.89. The van der Waals surface area contributed by atoms with E-state index in [4.69, 9.17) is 0 Å². The fourth-order valence-electron chi connectivity index (χ4n) is 0.603. The summed E-state index contributed by atoms with van der Waals surface area (Å²) >= 11 is 0. The molecule has 0 N–H and O–H groups in total. The molecule has 0 aliphatic carbocycles. The molecule has 1 heteroatoms. The third-order valence-corrected chi connectivity index (χ3v) is 1.30. The zero-order chi connectivity index (χ0) is 8.69. The van der Waals surface area contributed by atoms with Crippen LogP contribution in [-0.4, -0.2) is 6.17 Å². The molecular formula is C10H15F. The van der Waals surface area contributed by atoms with Gasteiger partial charge in [-0.1, -0.05) is 36.5 Å². The Morgan fingerprint density at radius 1 is 1.64 bits per heavy atom. The molecule has 0 fully saturated rings. The highest BCUT2D eigenvalue weighted by Crippen LogP contribution is 1.98. The van der Waals surface area contributed by atoms with Crippen LogP contribution in [0.15, 0.2) is 36.5 Å². The Balaban J connectivity index is 3.63. The Morgan fingerprint density at radius 3 is 2.73 bits per heavy atom. The zero-order valence-electron chi connectivity index (χ0n) is 7.18. The van der Waals surface area contributed by atoms with Crippen molar-refractivity contribution in [2.75, 3.05) is 0 Å². The van der Waals surface area contributed by atoms with Crippen molar-refractivity contribution in [3.63, 3.8) is 0 Å². The van der Waals surface area contributed by atoms with Crippen LogP contribution in [0, 0.1) is 0 Å². The summed E-state index contributed by atoms with van der Waals surface area (Å²) in [5.74, 6) is 0. The standard InChI is InChI=1S/C10H15F/c1-4-9(2)7-5-6-8-10(3)11/h4,6-8,10H,1,5H2,2-3H3/b8-6-,9-7-. The van der Waals surface area contributed by atoms with Crippen molar-refractivity contribution in [1.82, 2.24) is 0 Å². The molecule has 0 saturated carbocycles. The average Bonchev–Trinajstić information content (AvgIpc) is 1.97. The number of allylic oxidation sites excluding steroid dienone is 5. The average molecular weight is 154 g/mol. The summed E-state index contributed by atoms with van der Waals surface area (Å²) in [6.45, 7) is 7.09. The van der Waals surface area contributed by atoms with Crippen LogP contribution in [0.25, 0.3) is 0 Å². The van der Waals surface area contributed by atoms with Gasteiger partial charge in [-0.05, 0) is 20.3 Å². The molecule has 0 aromatic carbocycles. The van der Waals surface area contributed by atoms with Gasteiger partial charge in [-0.25, -0.2) is 4.39 Å². The lowest BCUT2D eigenvalue weighted by molar-refractivity contribution is 0.430. The third kappa shape index (κ3) is 7.04. The van der Waals surface area contributed by atoms with Gasteiger partial charge >= 0.3 is 0 Å². The summed E-state index contributed by atoms with van der Waals surface area (Å²) in [5, 5.41) is 0. The van der Waals surface area contributed by atoms with Gasteiger partial charge in [0.1, 0.15) is 6.17 Å². The van der Waals surface area contributed by atoms with E-state index in [1.54, 1.807) is 12.2 Å². The maximum absolute atomic E-state index is 12.2. The summed E-state index contributed by atoms with van der Waals surface area (Å²) < 4.78 is 12.2. The first-order valence-electron chi connectivity index (χ1n) is 3.76. The van der Waals surface area contributed by atoms with Crippen LogP contribution in [-0.2, 0) is 0 Å². The SMILES string of the molecule is C=C/C(C)=C\C/C=C\C(C)F. The summed E-state index contributed by atoms with van der Waals surface area (Å²) in [5.41, 5.74) is 1.13. The van der Waals surface area contributed by atoms with E-state index in [0.717, 1.165) is 12.0 Å². The molecule has 0 radical (unpaired) electrons. The van der Waals surface area contributed by atoms with Crippen LogP contribution >= 0.6 is 0 Å². The molecule has 0 aromatic heterocycles. The maximum Gasteiger partial charge on any atom is 0.115 e. The molecule has 0 rings (SSSR count). The normalized spacial score (nSPS) is 15.4. The Bertz CT molecular complexity index is 164. The summed E-state index contributed by atoms with van der Waals surface area (Å²) in [6, 6.07) is 0. The molecule has 0 aliphatic heterocycles. The molecule has 0 aliphatic rings. The minimum Gasteiger partial charge on any atom is -0.243 e.